The van der Waals surface area contributed by atoms with E-state index >= 15 is 0 Å². The van der Waals surface area contributed by atoms with Crippen molar-refractivity contribution >= 4 is 32.5 Å². The van der Waals surface area contributed by atoms with Crippen molar-refractivity contribution in [3.63, 3.8) is 0 Å². The Bertz CT molecular complexity index is 1250. The van der Waals surface area contributed by atoms with Gasteiger partial charge < -0.3 is 0 Å². The molecule has 152 valence electrons. The van der Waals surface area contributed by atoms with Gasteiger partial charge in [-0.2, -0.15) is 4.31 Å². The minimum atomic E-state index is -3.78. The summed E-state index contributed by atoms with van der Waals surface area (Å²) in [4.78, 5) is 17.2. The van der Waals surface area contributed by atoms with Crippen molar-refractivity contribution in [1.82, 2.24) is 13.9 Å². The molecule has 0 atom stereocenters. The molecule has 1 aromatic heterocycles. The first-order chi connectivity index (χ1) is 13.8. The Labute approximate surface area is 172 Å². The van der Waals surface area contributed by atoms with Crippen molar-refractivity contribution < 1.29 is 12.8 Å². The smallest absolute Gasteiger partial charge is 0.261 e. The Morgan fingerprint density at radius 1 is 1.14 bits per heavy atom. The van der Waals surface area contributed by atoms with E-state index in [1.165, 1.54) is 16.7 Å². The Kier molecular flexibility index (Phi) is 5.18. The molecule has 0 spiro atoms. The van der Waals surface area contributed by atoms with Gasteiger partial charge in [0.25, 0.3) is 5.56 Å². The highest BCUT2D eigenvalue weighted by Gasteiger charge is 2.31. The van der Waals surface area contributed by atoms with E-state index in [2.05, 4.69) is 4.98 Å². The number of halogens is 2. The van der Waals surface area contributed by atoms with Crippen LogP contribution >= 0.6 is 11.6 Å². The van der Waals surface area contributed by atoms with Crippen LogP contribution in [0.25, 0.3) is 10.9 Å². The number of hydrogen-bond acceptors (Lipinski definition) is 4. The van der Waals surface area contributed by atoms with Gasteiger partial charge in [0.2, 0.25) is 10.0 Å². The summed E-state index contributed by atoms with van der Waals surface area (Å²) in [6, 6.07) is 8.79. The van der Waals surface area contributed by atoms with Gasteiger partial charge in [-0.05, 0) is 50.1 Å². The number of nitrogens with zero attached hydrogens (tertiary/aromatic N) is 3. The average Bonchev–Trinajstić information content (AvgIpc) is 2.71. The lowest BCUT2D eigenvalue weighted by molar-refractivity contribution is 0.269. The van der Waals surface area contributed by atoms with Gasteiger partial charge in [-0.25, -0.2) is 17.8 Å². The van der Waals surface area contributed by atoms with E-state index in [1.807, 2.05) is 25.1 Å². The topological polar surface area (TPSA) is 72.3 Å². The summed E-state index contributed by atoms with van der Waals surface area (Å²) in [5.41, 5.74) is 1.50. The summed E-state index contributed by atoms with van der Waals surface area (Å²) < 4.78 is 42.0. The van der Waals surface area contributed by atoms with Gasteiger partial charge in [-0.1, -0.05) is 23.2 Å². The van der Waals surface area contributed by atoms with Crippen molar-refractivity contribution in [1.29, 1.82) is 0 Å². The van der Waals surface area contributed by atoms with Crippen molar-refractivity contribution in [2.75, 3.05) is 13.1 Å². The molecule has 0 amide bonds. The Morgan fingerprint density at radius 2 is 1.86 bits per heavy atom. The standard InChI is InChI=1S/C20H19ClFN3O3S/c1-13-2-5-19-16(10-13)20(26)25(12-23-19)14-6-8-24(9-7-14)29(27,28)15-3-4-18(22)17(21)11-15/h2-5,10-12,14H,6-9H2,1H3. The van der Waals surface area contributed by atoms with Gasteiger partial charge in [-0.15, -0.1) is 0 Å². The molecule has 2 heterocycles. The molecule has 6 nitrogen and oxygen atoms in total. The molecule has 1 saturated heterocycles. The molecule has 2 aromatic carbocycles. The van der Waals surface area contributed by atoms with Crippen molar-refractivity contribution in [3.05, 3.63) is 69.5 Å². The zero-order valence-corrected chi connectivity index (χ0v) is 17.3. The van der Waals surface area contributed by atoms with E-state index in [0.717, 1.165) is 17.7 Å². The van der Waals surface area contributed by atoms with E-state index in [4.69, 9.17) is 11.6 Å². The van der Waals surface area contributed by atoms with Crippen LogP contribution in [-0.2, 0) is 10.0 Å². The second-order valence-corrected chi connectivity index (χ2v) is 9.53. The molecule has 4 rings (SSSR count). The van der Waals surface area contributed by atoms with Gasteiger partial charge in [0, 0.05) is 19.1 Å². The molecule has 0 bridgehead atoms. The molecule has 1 fully saturated rings. The highest BCUT2D eigenvalue weighted by Crippen LogP contribution is 2.28. The molecular weight excluding hydrogens is 417 g/mol. The van der Waals surface area contributed by atoms with Crippen LogP contribution < -0.4 is 5.56 Å². The number of aryl methyl sites for hydroxylation is 1. The number of aromatic nitrogens is 2. The quantitative estimate of drug-likeness (QED) is 0.631. The molecular formula is C20H19ClFN3O3S. The van der Waals surface area contributed by atoms with E-state index in [-0.39, 0.29) is 34.6 Å². The van der Waals surface area contributed by atoms with Crippen LogP contribution in [-0.4, -0.2) is 35.4 Å². The summed E-state index contributed by atoms with van der Waals surface area (Å²) in [5.74, 6) is -0.664. The molecule has 0 N–H and O–H groups in total. The molecule has 3 aromatic rings. The summed E-state index contributed by atoms with van der Waals surface area (Å²) >= 11 is 5.74. The number of fused-ring (bicyclic) bond motifs is 1. The van der Waals surface area contributed by atoms with Crippen LogP contribution in [0.5, 0.6) is 0 Å². The zero-order valence-electron chi connectivity index (χ0n) is 15.7. The monoisotopic (exact) mass is 435 g/mol. The Morgan fingerprint density at radius 3 is 2.55 bits per heavy atom. The fraction of sp³-hybridized carbons (Fsp3) is 0.300. The second kappa shape index (κ2) is 7.51. The molecule has 0 radical (unpaired) electrons. The fourth-order valence-corrected chi connectivity index (χ4v) is 5.40. The van der Waals surface area contributed by atoms with E-state index in [9.17, 15) is 17.6 Å². The van der Waals surface area contributed by atoms with Crippen LogP contribution in [0.15, 0.2) is 52.4 Å². The predicted molar refractivity (Wildman–Crippen MR) is 109 cm³/mol. The zero-order chi connectivity index (χ0) is 20.8. The van der Waals surface area contributed by atoms with Gasteiger partial charge in [-0.3, -0.25) is 9.36 Å². The lowest BCUT2D eigenvalue weighted by atomic mass is 10.1. The number of sulfonamides is 1. The van der Waals surface area contributed by atoms with Crippen LogP contribution in [0.3, 0.4) is 0 Å². The molecule has 29 heavy (non-hydrogen) atoms. The van der Waals surface area contributed by atoms with E-state index in [1.54, 1.807) is 4.57 Å². The minimum Gasteiger partial charge on any atom is -0.296 e. The lowest BCUT2D eigenvalue weighted by Gasteiger charge is -2.32. The van der Waals surface area contributed by atoms with Crippen molar-refractivity contribution in [3.8, 4) is 0 Å². The number of benzene rings is 2. The second-order valence-electron chi connectivity index (χ2n) is 7.19. The van der Waals surface area contributed by atoms with Gasteiger partial charge in [0.15, 0.2) is 0 Å². The van der Waals surface area contributed by atoms with Gasteiger partial charge in [0.05, 0.1) is 27.1 Å². The minimum absolute atomic E-state index is 0.0395. The van der Waals surface area contributed by atoms with Crippen molar-refractivity contribution in [2.45, 2.75) is 30.7 Å². The van der Waals surface area contributed by atoms with Crippen molar-refractivity contribution in [2.24, 2.45) is 0 Å². The fourth-order valence-electron chi connectivity index (χ4n) is 3.66. The molecule has 0 aliphatic carbocycles. The van der Waals surface area contributed by atoms with Crippen LogP contribution in [0.1, 0.15) is 24.4 Å². The lowest BCUT2D eigenvalue weighted by Crippen LogP contribution is -2.40. The summed E-state index contributed by atoms with van der Waals surface area (Å²) in [6.07, 6.45) is 2.49. The number of hydrogen-bond donors (Lipinski definition) is 0. The molecule has 9 heteroatoms. The van der Waals surface area contributed by atoms with Crippen LogP contribution in [0.4, 0.5) is 4.39 Å². The van der Waals surface area contributed by atoms with Gasteiger partial charge in [0.1, 0.15) is 5.82 Å². The third-order valence-electron chi connectivity index (χ3n) is 5.28. The maximum absolute atomic E-state index is 13.4. The first-order valence-corrected chi connectivity index (χ1v) is 11.0. The largest absolute Gasteiger partial charge is 0.296 e. The SMILES string of the molecule is Cc1ccc2ncn(C3CCN(S(=O)(=O)c4ccc(F)c(Cl)c4)CC3)c(=O)c2c1. The maximum atomic E-state index is 13.4. The predicted octanol–water partition coefficient (Wildman–Crippen LogP) is 3.52. The summed E-state index contributed by atoms with van der Waals surface area (Å²) in [5, 5.41) is 0.327. The summed E-state index contributed by atoms with van der Waals surface area (Å²) in [7, 11) is -3.78. The normalized spacial score (nSPS) is 16.4. The van der Waals surface area contributed by atoms with E-state index < -0.39 is 15.8 Å². The Hall–Kier alpha value is -2.29. The molecule has 1 aliphatic heterocycles. The first-order valence-electron chi connectivity index (χ1n) is 9.20. The third-order valence-corrected chi connectivity index (χ3v) is 7.47. The Balaban J connectivity index is 1.56. The third kappa shape index (κ3) is 3.68. The number of rotatable bonds is 3. The molecule has 0 unspecified atom stereocenters. The molecule has 1 aliphatic rings. The average molecular weight is 436 g/mol. The highest BCUT2D eigenvalue weighted by molar-refractivity contribution is 7.89. The van der Waals surface area contributed by atoms with E-state index in [0.29, 0.717) is 23.7 Å². The number of piperidine rings is 1. The first kappa shape index (κ1) is 20.0. The van der Waals surface area contributed by atoms with Gasteiger partial charge >= 0.3 is 0 Å². The molecule has 0 saturated carbocycles. The van der Waals surface area contributed by atoms with Crippen LogP contribution in [0.2, 0.25) is 5.02 Å². The van der Waals surface area contributed by atoms with Crippen LogP contribution in [0, 0.1) is 12.7 Å². The maximum Gasteiger partial charge on any atom is 0.261 e. The highest BCUT2D eigenvalue weighted by atomic mass is 35.5. The summed E-state index contributed by atoms with van der Waals surface area (Å²) in [6.45, 7) is 2.42.